The van der Waals surface area contributed by atoms with Crippen LogP contribution in [0.2, 0.25) is 0 Å². The zero-order valence-electron chi connectivity index (χ0n) is 17.2. The summed E-state index contributed by atoms with van der Waals surface area (Å²) in [6.07, 6.45) is 1.23. The molecular formula is C21H21N3O5S2. The third-order valence-corrected chi connectivity index (χ3v) is 7.18. The first kappa shape index (κ1) is 21.3. The van der Waals surface area contributed by atoms with E-state index in [4.69, 9.17) is 4.74 Å². The molecule has 10 heteroatoms. The van der Waals surface area contributed by atoms with Gasteiger partial charge < -0.3 is 15.0 Å². The number of ether oxygens (including phenoxy) is 1. The van der Waals surface area contributed by atoms with Crippen molar-refractivity contribution in [2.24, 2.45) is 5.92 Å². The van der Waals surface area contributed by atoms with Gasteiger partial charge in [0.1, 0.15) is 5.75 Å². The van der Waals surface area contributed by atoms with Crippen molar-refractivity contribution >= 4 is 54.0 Å². The van der Waals surface area contributed by atoms with Crippen molar-refractivity contribution in [2.75, 3.05) is 30.1 Å². The van der Waals surface area contributed by atoms with Crippen LogP contribution in [0.25, 0.3) is 10.2 Å². The topological polar surface area (TPSA) is 106 Å². The van der Waals surface area contributed by atoms with E-state index in [1.165, 1.54) is 17.4 Å². The predicted molar refractivity (Wildman–Crippen MR) is 120 cm³/mol. The average Bonchev–Trinajstić information content (AvgIpc) is 3.29. The monoisotopic (exact) mass is 459 g/mol. The normalized spacial score (nSPS) is 16.7. The molecule has 3 aromatic rings. The molecule has 4 rings (SSSR count). The smallest absolute Gasteiger partial charge is 0.231 e. The number of fused-ring (bicyclic) bond motifs is 1. The number of amides is 2. The molecule has 1 atom stereocenters. The van der Waals surface area contributed by atoms with Crippen molar-refractivity contribution in [3.05, 3.63) is 42.0 Å². The van der Waals surface area contributed by atoms with Crippen LogP contribution in [0.3, 0.4) is 0 Å². The quantitative estimate of drug-likeness (QED) is 0.629. The lowest BCUT2D eigenvalue weighted by Crippen LogP contribution is -2.28. The lowest BCUT2D eigenvalue weighted by Gasteiger charge is -2.20. The number of sulfone groups is 1. The van der Waals surface area contributed by atoms with Gasteiger partial charge in [-0.05, 0) is 42.8 Å². The largest absolute Gasteiger partial charge is 0.495 e. The highest BCUT2D eigenvalue weighted by molar-refractivity contribution is 7.90. The fourth-order valence-corrected chi connectivity index (χ4v) is 5.15. The summed E-state index contributed by atoms with van der Waals surface area (Å²) in [5, 5.41) is 3.14. The second kappa shape index (κ2) is 7.93. The van der Waals surface area contributed by atoms with Crippen LogP contribution < -0.4 is 15.0 Å². The van der Waals surface area contributed by atoms with Gasteiger partial charge in [0, 0.05) is 19.2 Å². The van der Waals surface area contributed by atoms with Crippen molar-refractivity contribution < 1.29 is 22.7 Å². The molecule has 0 saturated carbocycles. The molecule has 0 aliphatic carbocycles. The third-order valence-electron chi connectivity index (χ3n) is 5.14. The van der Waals surface area contributed by atoms with Gasteiger partial charge in [-0.3, -0.25) is 9.59 Å². The van der Waals surface area contributed by atoms with E-state index in [2.05, 4.69) is 10.3 Å². The lowest BCUT2D eigenvalue weighted by atomic mass is 10.1. The number of hydrogen-bond donors (Lipinski definition) is 1. The van der Waals surface area contributed by atoms with Gasteiger partial charge in [0.2, 0.25) is 11.8 Å². The number of carbonyl (C=O) groups is 2. The summed E-state index contributed by atoms with van der Waals surface area (Å²) in [4.78, 5) is 31.6. The Balaban J connectivity index is 1.52. The molecule has 2 heterocycles. The first-order chi connectivity index (χ1) is 14.7. The molecule has 31 heavy (non-hydrogen) atoms. The molecule has 1 fully saturated rings. The highest BCUT2D eigenvalue weighted by atomic mass is 32.2. The van der Waals surface area contributed by atoms with Crippen LogP contribution in [0.15, 0.2) is 41.3 Å². The number of thiazole rings is 1. The summed E-state index contributed by atoms with van der Waals surface area (Å²) >= 11 is 1.19. The Morgan fingerprint density at radius 2 is 2.03 bits per heavy atom. The molecule has 0 spiro atoms. The number of hydrogen-bond acceptors (Lipinski definition) is 7. The molecule has 1 aliphatic heterocycles. The molecule has 1 N–H and O–H groups in total. The SMILES string of the molecule is COc1ccc(C)cc1N1CC(C(=O)Nc2nc3ccc(S(C)(=O)=O)cc3s2)CC1=O. The van der Waals surface area contributed by atoms with Crippen LogP contribution >= 0.6 is 11.3 Å². The van der Waals surface area contributed by atoms with Crippen LogP contribution in [0.5, 0.6) is 5.75 Å². The van der Waals surface area contributed by atoms with Gasteiger partial charge in [-0.1, -0.05) is 17.4 Å². The third kappa shape index (κ3) is 4.26. The number of nitrogens with one attached hydrogen (secondary N) is 1. The number of anilines is 2. The summed E-state index contributed by atoms with van der Waals surface area (Å²) in [7, 11) is -1.79. The molecule has 2 aromatic carbocycles. The maximum absolute atomic E-state index is 12.8. The molecular weight excluding hydrogens is 438 g/mol. The molecule has 1 aliphatic rings. The minimum atomic E-state index is -3.33. The fraction of sp³-hybridized carbons (Fsp3) is 0.286. The van der Waals surface area contributed by atoms with Crippen molar-refractivity contribution in [3.63, 3.8) is 0 Å². The van der Waals surface area contributed by atoms with E-state index in [0.717, 1.165) is 11.8 Å². The Kier molecular flexibility index (Phi) is 5.44. The summed E-state index contributed by atoms with van der Waals surface area (Å²) in [6.45, 7) is 2.17. The Morgan fingerprint density at radius 1 is 1.26 bits per heavy atom. The first-order valence-corrected chi connectivity index (χ1v) is 12.2. The number of carbonyl (C=O) groups excluding carboxylic acids is 2. The zero-order valence-corrected chi connectivity index (χ0v) is 18.8. The lowest BCUT2D eigenvalue weighted by molar-refractivity contribution is -0.122. The van der Waals surface area contributed by atoms with E-state index < -0.39 is 15.8 Å². The molecule has 1 saturated heterocycles. The Bertz CT molecular complexity index is 1300. The Morgan fingerprint density at radius 3 is 2.74 bits per heavy atom. The Labute approximate surface area is 183 Å². The summed E-state index contributed by atoms with van der Waals surface area (Å²) in [5.41, 5.74) is 2.23. The van der Waals surface area contributed by atoms with Gasteiger partial charge in [-0.2, -0.15) is 0 Å². The first-order valence-electron chi connectivity index (χ1n) is 9.52. The molecule has 0 radical (unpaired) electrons. The fourth-order valence-electron chi connectivity index (χ4n) is 3.52. The van der Waals surface area contributed by atoms with Crippen LogP contribution in [0.1, 0.15) is 12.0 Å². The van der Waals surface area contributed by atoms with E-state index in [9.17, 15) is 18.0 Å². The van der Waals surface area contributed by atoms with Crippen molar-refractivity contribution in [1.82, 2.24) is 4.98 Å². The zero-order chi connectivity index (χ0) is 22.3. The van der Waals surface area contributed by atoms with E-state index in [1.807, 2.05) is 19.1 Å². The van der Waals surface area contributed by atoms with Gasteiger partial charge in [0.05, 0.1) is 33.8 Å². The standard InChI is InChI=1S/C21H21N3O5S2/c1-12-4-7-17(29-2)16(8-12)24-11-13(9-19(24)25)20(26)23-21-22-15-6-5-14(31(3,27)28)10-18(15)30-21/h4-8,10,13H,9,11H2,1-3H3,(H,22,23,26). The summed E-state index contributed by atoms with van der Waals surface area (Å²) in [5.74, 6) is -0.403. The van der Waals surface area contributed by atoms with E-state index in [1.54, 1.807) is 30.2 Å². The number of benzene rings is 2. The Hall–Kier alpha value is -2.98. The van der Waals surface area contributed by atoms with Crippen LogP contribution in [0, 0.1) is 12.8 Å². The molecule has 2 amide bonds. The molecule has 1 aromatic heterocycles. The van der Waals surface area contributed by atoms with Crippen LogP contribution in [-0.4, -0.2) is 45.1 Å². The average molecular weight is 460 g/mol. The minimum absolute atomic E-state index is 0.0893. The number of methoxy groups -OCH3 is 1. The number of aryl methyl sites for hydroxylation is 1. The van der Waals surface area contributed by atoms with Gasteiger partial charge in [0.25, 0.3) is 0 Å². The van der Waals surface area contributed by atoms with Gasteiger partial charge in [-0.15, -0.1) is 0 Å². The molecule has 1 unspecified atom stereocenters. The van der Waals surface area contributed by atoms with Crippen molar-refractivity contribution in [2.45, 2.75) is 18.2 Å². The van der Waals surface area contributed by atoms with Gasteiger partial charge in [-0.25, -0.2) is 13.4 Å². The van der Waals surface area contributed by atoms with Crippen molar-refractivity contribution in [3.8, 4) is 5.75 Å². The molecule has 0 bridgehead atoms. The van der Waals surface area contributed by atoms with Crippen molar-refractivity contribution in [1.29, 1.82) is 0 Å². The van der Waals surface area contributed by atoms with E-state index >= 15 is 0 Å². The highest BCUT2D eigenvalue weighted by Crippen LogP contribution is 2.35. The number of rotatable bonds is 5. The van der Waals surface area contributed by atoms with Gasteiger partial charge in [0.15, 0.2) is 15.0 Å². The number of aromatic nitrogens is 1. The van der Waals surface area contributed by atoms with E-state index in [0.29, 0.717) is 26.8 Å². The predicted octanol–water partition coefficient (Wildman–Crippen LogP) is 3.01. The molecule has 162 valence electrons. The van der Waals surface area contributed by atoms with Crippen LogP contribution in [-0.2, 0) is 19.4 Å². The van der Waals surface area contributed by atoms with E-state index in [-0.39, 0.29) is 29.7 Å². The maximum atomic E-state index is 12.8. The minimum Gasteiger partial charge on any atom is -0.495 e. The maximum Gasteiger partial charge on any atom is 0.231 e. The number of nitrogens with zero attached hydrogens (tertiary/aromatic N) is 2. The van der Waals surface area contributed by atoms with Crippen LogP contribution in [0.4, 0.5) is 10.8 Å². The van der Waals surface area contributed by atoms with Gasteiger partial charge >= 0.3 is 0 Å². The summed E-state index contributed by atoms with van der Waals surface area (Å²) in [6, 6.07) is 10.2. The summed E-state index contributed by atoms with van der Waals surface area (Å²) < 4.78 is 29.5. The second-order valence-corrected chi connectivity index (χ2v) is 10.5. The molecule has 8 nitrogen and oxygen atoms in total. The highest BCUT2D eigenvalue weighted by Gasteiger charge is 2.36. The second-order valence-electron chi connectivity index (χ2n) is 7.49.